The van der Waals surface area contributed by atoms with Crippen molar-refractivity contribution in [1.82, 2.24) is 9.97 Å². The van der Waals surface area contributed by atoms with Crippen LogP contribution >= 0.6 is 0 Å². The van der Waals surface area contributed by atoms with Gasteiger partial charge in [0.05, 0.1) is 7.11 Å². The number of nitrogens with zero attached hydrogens (tertiary/aromatic N) is 2. The monoisotopic (exact) mass is 214 g/mol. The highest BCUT2D eigenvalue weighted by molar-refractivity contribution is 5.26. The number of ether oxygens (including phenoxy) is 1. The highest BCUT2D eigenvalue weighted by Crippen LogP contribution is 2.36. The Labute approximate surface area is 74.5 Å². The van der Waals surface area contributed by atoms with E-state index in [4.69, 9.17) is 0 Å². The van der Waals surface area contributed by atoms with Crippen LogP contribution in [0, 0.1) is 12.0 Å². The molecule has 0 unspecified atom stereocenters. The van der Waals surface area contributed by atoms with Gasteiger partial charge in [0.2, 0.25) is 11.8 Å². The molecular weight excluding hydrogens is 211 g/mol. The van der Waals surface area contributed by atoms with Gasteiger partial charge in [-0.3, -0.25) is 0 Å². The van der Waals surface area contributed by atoms with Crippen LogP contribution in [0.1, 0.15) is 5.56 Å². The molecule has 0 amide bonds. The molecule has 0 N–H and O–H groups in total. The molecular formula is C6H3F5N2O. The van der Waals surface area contributed by atoms with Crippen LogP contribution in [0.4, 0.5) is 22.0 Å². The third-order valence-corrected chi connectivity index (χ3v) is 1.28. The maximum atomic E-state index is 12.6. The molecule has 0 fully saturated rings. The zero-order chi connectivity index (χ0) is 10.9. The number of halogens is 5. The Hall–Kier alpha value is -1.47. The van der Waals surface area contributed by atoms with Gasteiger partial charge in [-0.25, -0.2) is 0 Å². The molecule has 14 heavy (non-hydrogen) atoms. The Morgan fingerprint density at radius 2 is 1.71 bits per heavy atom. The molecule has 0 atom stereocenters. The molecule has 78 valence electrons. The fraction of sp³-hybridized carbons (Fsp3) is 0.333. The Morgan fingerprint density at radius 1 is 1.14 bits per heavy atom. The van der Waals surface area contributed by atoms with Crippen molar-refractivity contribution in [3.05, 3.63) is 17.6 Å². The van der Waals surface area contributed by atoms with Crippen molar-refractivity contribution >= 4 is 0 Å². The zero-order valence-electron chi connectivity index (χ0n) is 6.69. The van der Waals surface area contributed by atoms with Crippen LogP contribution in [0.5, 0.6) is 5.88 Å². The Balaban J connectivity index is 3.40. The standard InChI is InChI=1S/C6H3F5N2O/c1-14-4-2(6(9,10)11)3(7)12-5(8)13-4/h1H3. The predicted molar refractivity (Wildman–Crippen MR) is 33.5 cm³/mol. The second-order valence-electron chi connectivity index (χ2n) is 2.17. The molecule has 0 spiro atoms. The van der Waals surface area contributed by atoms with Crippen LogP contribution in [-0.2, 0) is 6.18 Å². The van der Waals surface area contributed by atoms with Gasteiger partial charge in [-0.15, -0.1) is 0 Å². The van der Waals surface area contributed by atoms with Gasteiger partial charge in [-0.05, 0) is 0 Å². The fourth-order valence-electron chi connectivity index (χ4n) is 0.776. The minimum Gasteiger partial charge on any atom is -0.480 e. The molecule has 0 radical (unpaired) electrons. The zero-order valence-corrected chi connectivity index (χ0v) is 6.69. The first kappa shape index (κ1) is 10.6. The van der Waals surface area contributed by atoms with E-state index in [2.05, 4.69) is 14.7 Å². The van der Waals surface area contributed by atoms with Gasteiger partial charge in [-0.1, -0.05) is 0 Å². The van der Waals surface area contributed by atoms with Gasteiger partial charge < -0.3 is 4.74 Å². The summed E-state index contributed by atoms with van der Waals surface area (Å²) in [5, 5.41) is 0. The van der Waals surface area contributed by atoms with Crippen molar-refractivity contribution < 1.29 is 26.7 Å². The normalized spacial score (nSPS) is 11.6. The lowest BCUT2D eigenvalue weighted by atomic mass is 10.3. The van der Waals surface area contributed by atoms with E-state index in [0.717, 1.165) is 7.11 Å². The summed E-state index contributed by atoms with van der Waals surface area (Å²) in [5.74, 6) is -3.18. The number of hydrogen-bond acceptors (Lipinski definition) is 3. The van der Waals surface area contributed by atoms with E-state index in [1.54, 1.807) is 0 Å². The molecule has 1 aromatic heterocycles. The van der Waals surface area contributed by atoms with Crippen LogP contribution in [0.2, 0.25) is 0 Å². The number of methoxy groups -OCH3 is 1. The third kappa shape index (κ3) is 1.88. The molecule has 0 saturated carbocycles. The van der Waals surface area contributed by atoms with Gasteiger partial charge >= 0.3 is 12.3 Å². The molecule has 8 heteroatoms. The Kier molecular flexibility index (Phi) is 2.54. The summed E-state index contributed by atoms with van der Waals surface area (Å²) in [6.07, 6.45) is -6.64. The average Bonchev–Trinajstić information content (AvgIpc) is 1.99. The predicted octanol–water partition coefficient (Wildman–Crippen LogP) is 1.78. The van der Waals surface area contributed by atoms with Crippen LogP contribution in [0.3, 0.4) is 0 Å². The summed E-state index contributed by atoms with van der Waals surface area (Å²) in [5.41, 5.74) is -1.82. The van der Waals surface area contributed by atoms with E-state index in [1.165, 1.54) is 0 Å². The van der Waals surface area contributed by atoms with E-state index >= 15 is 0 Å². The van der Waals surface area contributed by atoms with Gasteiger partial charge in [0.15, 0.2) is 5.56 Å². The van der Waals surface area contributed by atoms with Crippen molar-refractivity contribution in [2.24, 2.45) is 0 Å². The van der Waals surface area contributed by atoms with Crippen molar-refractivity contribution in [2.45, 2.75) is 6.18 Å². The van der Waals surface area contributed by atoms with Crippen molar-refractivity contribution in [1.29, 1.82) is 0 Å². The fourth-order valence-corrected chi connectivity index (χ4v) is 0.776. The van der Waals surface area contributed by atoms with E-state index < -0.39 is 29.6 Å². The summed E-state index contributed by atoms with van der Waals surface area (Å²) >= 11 is 0. The maximum Gasteiger partial charge on any atom is 0.426 e. The molecule has 0 aliphatic rings. The molecule has 0 aromatic carbocycles. The van der Waals surface area contributed by atoms with Gasteiger partial charge in [0.1, 0.15) is 0 Å². The molecule has 0 aliphatic heterocycles. The second-order valence-corrected chi connectivity index (χ2v) is 2.17. The first-order valence-electron chi connectivity index (χ1n) is 3.20. The maximum absolute atomic E-state index is 12.6. The average molecular weight is 214 g/mol. The Morgan fingerprint density at radius 3 is 2.14 bits per heavy atom. The smallest absolute Gasteiger partial charge is 0.426 e. The lowest BCUT2D eigenvalue weighted by Gasteiger charge is -2.10. The number of hydrogen-bond donors (Lipinski definition) is 0. The number of aromatic nitrogens is 2. The highest BCUT2D eigenvalue weighted by atomic mass is 19.4. The molecule has 3 nitrogen and oxygen atoms in total. The van der Waals surface area contributed by atoms with Gasteiger partial charge in [-0.2, -0.15) is 31.9 Å². The minimum absolute atomic E-state index is 0.816. The van der Waals surface area contributed by atoms with Crippen LogP contribution < -0.4 is 4.74 Å². The first-order chi connectivity index (χ1) is 6.36. The van der Waals surface area contributed by atoms with E-state index in [-0.39, 0.29) is 0 Å². The third-order valence-electron chi connectivity index (χ3n) is 1.28. The molecule has 1 rings (SSSR count). The first-order valence-corrected chi connectivity index (χ1v) is 3.20. The highest BCUT2D eigenvalue weighted by Gasteiger charge is 2.40. The van der Waals surface area contributed by atoms with E-state index in [0.29, 0.717) is 0 Å². The van der Waals surface area contributed by atoms with Crippen LogP contribution in [0.25, 0.3) is 0 Å². The summed E-state index contributed by atoms with van der Waals surface area (Å²) < 4.78 is 65.3. The minimum atomic E-state index is -5.02. The van der Waals surface area contributed by atoms with Crippen molar-refractivity contribution in [3.63, 3.8) is 0 Å². The summed E-state index contributed by atoms with van der Waals surface area (Å²) in [4.78, 5) is 4.96. The van der Waals surface area contributed by atoms with Gasteiger partial charge in [0.25, 0.3) is 0 Å². The summed E-state index contributed by atoms with van der Waals surface area (Å²) in [6.45, 7) is 0. The number of alkyl halides is 3. The molecule has 1 aromatic rings. The van der Waals surface area contributed by atoms with Crippen molar-refractivity contribution in [2.75, 3.05) is 7.11 Å². The van der Waals surface area contributed by atoms with E-state index in [9.17, 15) is 22.0 Å². The lowest BCUT2D eigenvalue weighted by Crippen LogP contribution is -2.14. The topological polar surface area (TPSA) is 35.0 Å². The van der Waals surface area contributed by atoms with Crippen LogP contribution in [-0.4, -0.2) is 17.1 Å². The number of rotatable bonds is 1. The molecule has 0 bridgehead atoms. The molecule has 0 saturated heterocycles. The largest absolute Gasteiger partial charge is 0.480 e. The van der Waals surface area contributed by atoms with Gasteiger partial charge in [0, 0.05) is 0 Å². The van der Waals surface area contributed by atoms with Crippen molar-refractivity contribution in [3.8, 4) is 5.88 Å². The lowest BCUT2D eigenvalue weighted by molar-refractivity contribution is -0.142. The van der Waals surface area contributed by atoms with Crippen LogP contribution in [0.15, 0.2) is 0 Å². The molecule has 0 aliphatic carbocycles. The second kappa shape index (κ2) is 3.35. The molecule has 1 heterocycles. The summed E-state index contributed by atoms with van der Waals surface area (Å²) in [6, 6.07) is 0. The quantitative estimate of drug-likeness (QED) is 0.406. The SMILES string of the molecule is COc1nc(F)nc(F)c1C(F)(F)F. The van der Waals surface area contributed by atoms with E-state index in [1.807, 2.05) is 0 Å². The summed E-state index contributed by atoms with van der Waals surface area (Å²) in [7, 11) is 0.816. The Bertz CT molecular complexity index is 351.